The number of anilines is 1. The summed E-state index contributed by atoms with van der Waals surface area (Å²) >= 11 is 0. The number of carbonyl (C=O) groups excluding carboxylic acids is 1. The van der Waals surface area contributed by atoms with Gasteiger partial charge in [-0.15, -0.1) is 0 Å². The van der Waals surface area contributed by atoms with E-state index >= 15 is 0 Å². The van der Waals surface area contributed by atoms with Gasteiger partial charge in [-0.2, -0.15) is 13.2 Å². The first-order valence-electron chi connectivity index (χ1n) is 9.97. The molecule has 0 bridgehead atoms. The van der Waals surface area contributed by atoms with Crippen molar-refractivity contribution in [2.75, 3.05) is 5.32 Å². The molecule has 0 atom stereocenters. The highest BCUT2D eigenvalue weighted by Gasteiger charge is 2.30. The molecule has 3 aromatic carbocycles. The van der Waals surface area contributed by atoms with E-state index in [2.05, 4.69) is 10.5 Å². The minimum absolute atomic E-state index is 0.171. The Hall–Kier alpha value is -3.87. The van der Waals surface area contributed by atoms with Crippen molar-refractivity contribution in [3.8, 4) is 22.5 Å². The van der Waals surface area contributed by atoms with E-state index in [0.717, 1.165) is 23.3 Å². The number of carbonyl (C=O) groups is 1. The van der Waals surface area contributed by atoms with E-state index in [4.69, 9.17) is 4.52 Å². The number of aryl methyl sites for hydroxylation is 1. The lowest BCUT2D eigenvalue weighted by Gasteiger charge is -2.08. The third-order valence-electron chi connectivity index (χ3n) is 4.99. The first kappa shape index (κ1) is 21.4. The molecule has 1 heterocycles. The second-order valence-corrected chi connectivity index (χ2v) is 7.25. The molecule has 1 N–H and O–H groups in total. The van der Waals surface area contributed by atoms with Crippen molar-refractivity contribution in [3.05, 3.63) is 96.2 Å². The topological polar surface area (TPSA) is 55.1 Å². The molecule has 0 unspecified atom stereocenters. The van der Waals surface area contributed by atoms with Gasteiger partial charge in [0.05, 0.1) is 11.8 Å². The van der Waals surface area contributed by atoms with Crippen molar-refractivity contribution in [1.29, 1.82) is 0 Å². The van der Waals surface area contributed by atoms with Crippen LogP contribution in [0.25, 0.3) is 22.5 Å². The Morgan fingerprint density at radius 3 is 2.31 bits per heavy atom. The molecule has 0 radical (unpaired) electrons. The zero-order valence-corrected chi connectivity index (χ0v) is 16.9. The van der Waals surface area contributed by atoms with Crippen LogP contribution in [0.3, 0.4) is 0 Å². The molecule has 7 heteroatoms. The lowest BCUT2D eigenvalue weighted by atomic mass is 10.0. The Bertz CT molecular complexity index is 1200. The summed E-state index contributed by atoms with van der Waals surface area (Å²) in [6.45, 7) is 0. The van der Waals surface area contributed by atoms with Crippen molar-refractivity contribution < 1.29 is 22.5 Å². The van der Waals surface area contributed by atoms with Gasteiger partial charge in [0.15, 0.2) is 5.76 Å². The average molecular weight is 436 g/mol. The molecule has 0 aliphatic carbocycles. The molecule has 4 rings (SSSR count). The molecule has 4 nitrogen and oxygen atoms in total. The van der Waals surface area contributed by atoms with Crippen LogP contribution >= 0.6 is 0 Å². The number of nitrogens with zero attached hydrogens (tertiary/aromatic N) is 1. The Balaban J connectivity index is 1.40. The number of hydrogen-bond donors (Lipinski definition) is 1. The highest BCUT2D eigenvalue weighted by atomic mass is 19.4. The van der Waals surface area contributed by atoms with E-state index in [0.29, 0.717) is 29.0 Å². The lowest BCUT2D eigenvalue weighted by molar-refractivity contribution is -0.137. The number of rotatable bonds is 6. The fourth-order valence-corrected chi connectivity index (χ4v) is 3.37. The molecule has 0 saturated heterocycles. The van der Waals surface area contributed by atoms with Crippen molar-refractivity contribution >= 4 is 11.6 Å². The van der Waals surface area contributed by atoms with Crippen LogP contribution in [0, 0.1) is 0 Å². The van der Waals surface area contributed by atoms with Crippen LogP contribution in [0.5, 0.6) is 0 Å². The molecule has 0 fully saturated rings. The molecule has 0 aliphatic heterocycles. The van der Waals surface area contributed by atoms with Gasteiger partial charge in [0.25, 0.3) is 0 Å². The summed E-state index contributed by atoms with van der Waals surface area (Å²) in [6.07, 6.45) is -2.41. The predicted molar refractivity (Wildman–Crippen MR) is 116 cm³/mol. The van der Waals surface area contributed by atoms with Crippen molar-refractivity contribution in [1.82, 2.24) is 5.16 Å². The van der Waals surface area contributed by atoms with Gasteiger partial charge in [-0.25, -0.2) is 0 Å². The van der Waals surface area contributed by atoms with Crippen LogP contribution < -0.4 is 5.32 Å². The fraction of sp³-hybridized carbons (Fsp3) is 0.120. The van der Waals surface area contributed by atoms with Crippen molar-refractivity contribution in [2.24, 2.45) is 0 Å². The van der Waals surface area contributed by atoms with E-state index in [-0.39, 0.29) is 12.3 Å². The quantitative estimate of drug-likeness (QED) is 0.371. The minimum atomic E-state index is -4.40. The maximum atomic E-state index is 12.8. The van der Waals surface area contributed by atoms with Crippen LogP contribution in [0.4, 0.5) is 18.9 Å². The maximum absolute atomic E-state index is 12.8. The second kappa shape index (κ2) is 9.09. The third-order valence-corrected chi connectivity index (χ3v) is 4.99. The highest BCUT2D eigenvalue weighted by molar-refractivity contribution is 5.91. The molecule has 4 aromatic rings. The molecular formula is C25H19F3N2O2. The first-order valence-corrected chi connectivity index (χ1v) is 9.97. The second-order valence-electron chi connectivity index (χ2n) is 7.25. The number of halogens is 3. The molecule has 1 amide bonds. The largest absolute Gasteiger partial charge is 0.416 e. The van der Waals surface area contributed by atoms with Crippen LogP contribution in [0.15, 0.2) is 89.6 Å². The van der Waals surface area contributed by atoms with Crippen LogP contribution in [0.2, 0.25) is 0 Å². The van der Waals surface area contributed by atoms with Gasteiger partial charge < -0.3 is 9.84 Å². The Kier molecular flexibility index (Phi) is 6.07. The van der Waals surface area contributed by atoms with Gasteiger partial charge in [0, 0.05) is 23.2 Å². The molecule has 0 saturated carbocycles. The summed E-state index contributed by atoms with van der Waals surface area (Å²) < 4.78 is 43.5. The van der Waals surface area contributed by atoms with Gasteiger partial charge in [0.2, 0.25) is 5.91 Å². The van der Waals surface area contributed by atoms with E-state index in [1.54, 1.807) is 0 Å². The van der Waals surface area contributed by atoms with Gasteiger partial charge in [-0.1, -0.05) is 59.8 Å². The number of benzene rings is 3. The lowest BCUT2D eigenvalue weighted by Crippen LogP contribution is -2.12. The number of alkyl halides is 3. The van der Waals surface area contributed by atoms with Gasteiger partial charge in [-0.3, -0.25) is 4.79 Å². The molecule has 32 heavy (non-hydrogen) atoms. The Morgan fingerprint density at radius 2 is 1.59 bits per heavy atom. The van der Waals surface area contributed by atoms with Crippen LogP contribution in [-0.2, 0) is 17.4 Å². The number of nitrogens with one attached hydrogen (secondary N) is 1. The van der Waals surface area contributed by atoms with Crippen molar-refractivity contribution in [3.63, 3.8) is 0 Å². The molecule has 1 aromatic heterocycles. The van der Waals surface area contributed by atoms with Gasteiger partial charge in [0.1, 0.15) is 0 Å². The van der Waals surface area contributed by atoms with Crippen LogP contribution in [0.1, 0.15) is 17.5 Å². The number of amides is 1. The van der Waals surface area contributed by atoms with Gasteiger partial charge >= 0.3 is 6.18 Å². The normalized spacial score (nSPS) is 11.3. The van der Waals surface area contributed by atoms with Gasteiger partial charge in [-0.05, 0) is 41.8 Å². The summed E-state index contributed by atoms with van der Waals surface area (Å²) in [6, 6.07) is 22.1. The maximum Gasteiger partial charge on any atom is 0.416 e. The molecular weight excluding hydrogens is 417 g/mol. The standard InChI is InChI=1S/C25H19F3N2O2/c26-25(27,28)21-12-9-18(10-13-21)24-20(16-29-32-24)11-14-23(31)30-22-8-4-7-19(15-22)17-5-2-1-3-6-17/h1-10,12-13,15-16H,11,14H2,(H,30,31). The third kappa shape index (κ3) is 5.06. The van der Waals surface area contributed by atoms with E-state index in [9.17, 15) is 18.0 Å². The predicted octanol–water partition coefficient (Wildman–Crippen LogP) is 6.60. The summed E-state index contributed by atoms with van der Waals surface area (Å²) in [5, 5.41) is 6.63. The zero-order valence-electron chi connectivity index (χ0n) is 16.9. The van der Waals surface area contributed by atoms with E-state index in [1.165, 1.54) is 18.3 Å². The molecule has 0 spiro atoms. The summed E-state index contributed by atoms with van der Waals surface area (Å²) in [4.78, 5) is 12.5. The zero-order chi connectivity index (χ0) is 22.6. The minimum Gasteiger partial charge on any atom is -0.356 e. The molecule has 162 valence electrons. The van der Waals surface area contributed by atoms with E-state index < -0.39 is 11.7 Å². The summed E-state index contributed by atoms with van der Waals surface area (Å²) in [5.41, 5.74) is 3.12. The number of hydrogen-bond acceptors (Lipinski definition) is 3. The fourth-order valence-electron chi connectivity index (χ4n) is 3.37. The SMILES string of the molecule is O=C(CCc1cnoc1-c1ccc(C(F)(F)F)cc1)Nc1cccc(-c2ccccc2)c1. The van der Waals surface area contributed by atoms with Crippen molar-refractivity contribution in [2.45, 2.75) is 19.0 Å². The average Bonchev–Trinajstić information content (AvgIpc) is 3.27. The molecule has 0 aliphatic rings. The van der Waals surface area contributed by atoms with Crippen LogP contribution in [-0.4, -0.2) is 11.1 Å². The summed E-state index contributed by atoms with van der Waals surface area (Å²) in [7, 11) is 0. The number of aromatic nitrogens is 1. The first-order chi connectivity index (χ1) is 15.4. The Morgan fingerprint density at radius 1 is 0.875 bits per heavy atom. The summed E-state index contributed by atoms with van der Waals surface area (Å²) in [5.74, 6) is 0.174. The highest BCUT2D eigenvalue weighted by Crippen LogP contribution is 2.32. The monoisotopic (exact) mass is 436 g/mol. The Labute approximate surface area is 182 Å². The van der Waals surface area contributed by atoms with E-state index in [1.807, 2.05) is 54.6 Å². The smallest absolute Gasteiger partial charge is 0.356 e.